The van der Waals surface area contributed by atoms with Crippen molar-refractivity contribution in [3.63, 3.8) is 0 Å². The average molecular weight is 486 g/mol. The number of carbonyl (C=O) groups excluding carboxylic acids is 3. The molecule has 1 aliphatic heterocycles. The maximum atomic E-state index is 13.2. The smallest absolute Gasteiger partial charge is 0.411 e. The molecule has 0 bridgehead atoms. The largest absolute Gasteiger partial charge is 0.458 e. The van der Waals surface area contributed by atoms with Gasteiger partial charge in [0.2, 0.25) is 0 Å². The highest BCUT2D eigenvalue weighted by atomic mass is 19.1. The fraction of sp³-hybridized carbons (Fsp3) is 0.444. The normalized spacial score (nSPS) is 18.2. The van der Waals surface area contributed by atoms with Crippen molar-refractivity contribution < 1.29 is 33.0 Å². The van der Waals surface area contributed by atoms with Gasteiger partial charge in [0.1, 0.15) is 29.2 Å². The number of benzene rings is 2. The number of esters is 2. The molecule has 2 atom stereocenters. The van der Waals surface area contributed by atoms with Gasteiger partial charge in [-0.3, -0.25) is 4.90 Å². The summed E-state index contributed by atoms with van der Waals surface area (Å²) in [6.45, 7) is 10.4. The molecule has 0 radical (unpaired) electrons. The monoisotopic (exact) mass is 485 g/mol. The predicted molar refractivity (Wildman–Crippen MR) is 128 cm³/mol. The number of nitrogens with zero attached hydrogens (tertiary/aromatic N) is 1. The highest BCUT2D eigenvalue weighted by Crippen LogP contribution is 2.27. The molecule has 0 N–H and O–H groups in total. The number of rotatable bonds is 4. The van der Waals surface area contributed by atoms with Gasteiger partial charge in [0.15, 0.2) is 0 Å². The van der Waals surface area contributed by atoms with E-state index in [1.165, 1.54) is 17.0 Å². The van der Waals surface area contributed by atoms with Crippen molar-refractivity contribution in [3.05, 3.63) is 59.9 Å². The van der Waals surface area contributed by atoms with E-state index in [0.29, 0.717) is 5.56 Å². The Bertz CT molecular complexity index is 1030. The molecule has 35 heavy (non-hydrogen) atoms. The Morgan fingerprint density at radius 1 is 0.829 bits per heavy atom. The third kappa shape index (κ3) is 7.28. The molecule has 2 aromatic carbocycles. The van der Waals surface area contributed by atoms with Gasteiger partial charge in [-0.05, 0) is 76.9 Å². The molecule has 0 unspecified atom stereocenters. The lowest BCUT2D eigenvalue weighted by molar-refractivity contribution is -0.160. The molecular weight excluding hydrogens is 453 g/mol. The average Bonchev–Trinajstić information content (AvgIpc) is 3.16. The third-order valence-electron chi connectivity index (χ3n) is 5.14. The molecule has 1 amide bonds. The summed E-state index contributed by atoms with van der Waals surface area (Å²) in [5.41, 5.74) is 0.466. The lowest BCUT2D eigenvalue weighted by atomic mass is 10.0. The lowest BCUT2D eigenvalue weighted by Crippen LogP contribution is -2.45. The van der Waals surface area contributed by atoms with Gasteiger partial charge in [-0.1, -0.05) is 24.3 Å². The quantitative estimate of drug-likeness (QED) is 0.428. The van der Waals surface area contributed by atoms with Crippen LogP contribution in [0.5, 0.6) is 0 Å². The summed E-state index contributed by atoms with van der Waals surface area (Å²) in [4.78, 5) is 39.6. The maximum absolute atomic E-state index is 13.2. The molecule has 188 valence electrons. The molecule has 1 saturated heterocycles. The maximum Gasteiger partial charge on any atom is 0.411 e. The van der Waals surface area contributed by atoms with Gasteiger partial charge in [-0.2, -0.15) is 0 Å². The second-order valence-corrected chi connectivity index (χ2v) is 10.5. The Labute approximate surface area is 205 Å². The Morgan fingerprint density at radius 2 is 1.34 bits per heavy atom. The van der Waals surface area contributed by atoms with Crippen LogP contribution in [-0.4, -0.2) is 52.8 Å². The fourth-order valence-electron chi connectivity index (χ4n) is 3.66. The molecule has 2 aromatic rings. The van der Waals surface area contributed by atoms with Gasteiger partial charge in [0.05, 0.1) is 12.1 Å². The predicted octanol–water partition coefficient (Wildman–Crippen LogP) is 5.37. The number of ether oxygens (including phenoxy) is 3. The second-order valence-electron chi connectivity index (χ2n) is 10.5. The molecule has 3 rings (SSSR count). The van der Waals surface area contributed by atoms with Gasteiger partial charge in [0, 0.05) is 6.42 Å². The van der Waals surface area contributed by atoms with Crippen LogP contribution in [0.1, 0.15) is 58.3 Å². The summed E-state index contributed by atoms with van der Waals surface area (Å²) in [6.07, 6.45) is -1.27. The first kappa shape index (κ1) is 26.2. The minimum absolute atomic E-state index is 0.0121. The van der Waals surface area contributed by atoms with E-state index in [2.05, 4.69) is 0 Å². The lowest BCUT2D eigenvalue weighted by Gasteiger charge is -2.29. The van der Waals surface area contributed by atoms with Crippen molar-refractivity contribution >= 4 is 18.0 Å². The summed E-state index contributed by atoms with van der Waals surface area (Å²) < 4.78 is 29.7. The molecule has 8 heteroatoms. The Hall–Kier alpha value is -3.42. The number of likely N-dealkylation sites (tertiary alicyclic amines) is 1. The second kappa shape index (κ2) is 10.1. The third-order valence-corrected chi connectivity index (χ3v) is 5.14. The molecule has 0 aromatic heterocycles. The van der Waals surface area contributed by atoms with Crippen LogP contribution in [0.2, 0.25) is 0 Å². The summed E-state index contributed by atoms with van der Waals surface area (Å²) in [5.74, 6) is -1.48. The van der Waals surface area contributed by atoms with Crippen molar-refractivity contribution in [1.82, 2.24) is 4.90 Å². The molecule has 0 spiro atoms. The van der Waals surface area contributed by atoms with Crippen molar-refractivity contribution in [3.8, 4) is 11.1 Å². The molecule has 0 saturated carbocycles. The zero-order valence-electron chi connectivity index (χ0n) is 21.0. The van der Waals surface area contributed by atoms with Gasteiger partial charge in [0.25, 0.3) is 0 Å². The first-order chi connectivity index (χ1) is 16.2. The number of carbonyl (C=O) groups is 3. The van der Waals surface area contributed by atoms with Crippen LogP contribution in [-0.2, 0) is 19.0 Å². The highest BCUT2D eigenvalue weighted by molar-refractivity contribution is 5.90. The van der Waals surface area contributed by atoms with Crippen molar-refractivity contribution in [1.29, 1.82) is 0 Å². The van der Waals surface area contributed by atoms with Crippen LogP contribution in [0, 0.1) is 5.82 Å². The van der Waals surface area contributed by atoms with Crippen molar-refractivity contribution in [2.45, 2.75) is 71.3 Å². The van der Waals surface area contributed by atoms with E-state index in [4.69, 9.17) is 14.2 Å². The van der Waals surface area contributed by atoms with Crippen LogP contribution < -0.4 is 0 Å². The Morgan fingerprint density at radius 3 is 1.86 bits per heavy atom. The van der Waals surface area contributed by atoms with E-state index in [9.17, 15) is 18.8 Å². The number of halogens is 1. The van der Waals surface area contributed by atoms with E-state index in [1.54, 1.807) is 77.9 Å². The van der Waals surface area contributed by atoms with Crippen LogP contribution >= 0.6 is 0 Å². The van der Waals surface area contributed by atoms with Crippen molar-refractivity contribution in [2.24, 2.45) is 0 Å². The number of amides is 1. The zero-order valence-corrected chi connectivity index (χ0v) is 21.0. The van der Waals surface area contributed by atoms with Crippen LogP contribution in [0.4, 0.5) is 9.18 Å². The SMILES string of the molecule is CC(C)(C)OC(=O)[C@@H]1C[C@H](OC(=O)c2ccc(-c3ccc(F)cc3)cc2)CN1C(=O)OC(C)(C)C. The van der Waals surface area contributed by atoms with Crippen LogP contribution in [0.15, 0.2) is 48.5 Å². The molecule has 0 aliphatic carbocycles. The first-order valence-electron chi connectivity index (χ1n) is 11.5. The summed E-state index contributed by atoms with van der Waals surface area (Å²) in [5, 5.41) is 0. The summed E-state index contributed by atoms with van der Waals surface area (Å²) >= 11 is 0. The highest BCUT2D eigenvalue weighted by Gasteiger charge is 2.45. The molecular formula is C27H32FNO6. The van der Waals surface area contributed by atoms with E-state index < -0.39 is 41.4 Å². The molecule has 1 fully saturated rings. The molecule has 1 aliphatic rings. The minimum atomic E-state index is -0.928. The first-order valence-corrected chi connectivity index (χ1v) is 11.5. The van der Waals surface area contributed by atoms with E-state index in [0.717, 1.165) is 11.1 Å². The van der Waals surface area contributed by atoms with Gasteiger partial charge < -0.3 is 14.2 Å². The van der Waals surface area contributed by atoms with E-state index in [1.807, 2.05) is 0 Å². The summed E-state index contributed by atoms with van der Waals surface area (Å²) in [7, 11) is 0. The van der Waals surface area contributed by atoms with Crippen LogP contribution in [0.25, 0.3) is 11.1 Å². The molecule has 7 nitrogen and oxygen atoms in total. The number of hydrogen-bond donors (Lipinski definition) is 0. The Kier molecular flexibility index (Phi) is 7.53. The zero-order chi connectivity index (χ0) is 26.0. The Balaban J connectivity index is 1.71. The fourth-order valence-corrected chi connectivity index (χ4v) is 3.66. The van der Waals surface area contributed by atoms with E-state index in [-0.39, 0.29) is 18.8 Å². The topological polar surface area (TPSA) is 82.1 Å². The van der Waals surface area contributed by atoms with Gasteiger partial charge >= 0.3 is 18.0 Å². The molecule has 1 heterocycles. The van der Waals surface area contributed by atoms with Crippen molar-refractivity contribution in [2.75, 3.05) is 6.54 Å². The van der Waals surface area contributed by atoms with Gasteiger partial charge in [-0.15, -0.1) is 0 Å². The van der Waals surface area contributed by atoms with Gasteiger partial charge in [-0.25, -0.2) is 18.8 Å². The summed E-state index contributed by atoms with van der Waals surface area (Å²) in [6, 6.07) is 11.9. The standard InChI is InChI=1S/C27H32FNO6/c1-26(2,3)34-24(31)22-15-21(16-29(22)25(32)35-27(4,5)6)33-23(30)19-9-7-17(8-10-19)18-11-13-20(28)14-12-18/h7-14,21-22H,15-16H2,1-6H3/t21-,22-/m0/s1. The van der Waals surface area contributed by atoms with Crippen LogP contribution in [0.3, 0.4) is 0 Å². The minimum Gasteiger partial charge on any atom is -0.458 e. The van der Waals surface area contributed by atoms with E-state index >= 15 is 0 Å². The number of hydrogen-bond acceptors (Lipinski definition) is 6.